The van der Waals surface area contributed by atoms with Crippen LogP contribution in [0.1, 0.15) is 29.2 Å². The number of amides is 1. The number of nitrogens with zero attached hydrogens (tertiary/aromatic N) is 1. The zero-order valence-corrected chi connectivity index (χ0v) is 15.7. The topological polar surface area (TPSA) is 112 Å². The van der Waals surface area contributed by atoms with Crippen LogP contribution in [0.25, 0.3) is 0 Å². The number of aromatic nitrogens is 1. The quantitative estimate of drug-likeness (QED) is 0.772. The highest BCUT2D eigenvalue weighted by molar-refractivity contribution is 9.10. The number of nitrogens with one attached hydrogen (secondary N) is 2. The number of carbonyl (C=O) groups excluding carboxylic acids is 1. The summed E-state index contributed by atoms with van der Waals surface area (Å²) in [5.74, 6) is -0.732. The molecule has 1 aliphatic heterocycles. The number of halogens is 1. The molecule has 0 atom stereocenters. The van der Waals surface area contributed by atoms with Gasteiger partial charge >= 0.3 is 0 Å². The summed E-state index contributed by atoms with van der Waals surface area (Å²) in [6.45, 7) is 2.41. The van der Waals surface area contributed by atoms with Crippen molar-refractivity contribution in [1.29, 1.82) is 0 Å². The molecule has 0 radical (unpaired) electrons. The van der Waals surface area contributed by atoms with E-state index in [0.717, 1.165) is 12.8 Å². The first-order valence-electron chi connectivity index (χ1n) is 7.59. The molecule has 2 aromatic heterocycles. The van der Waals surface area contributed by atoms with Crippen LogP contribution in [0.5, 0.6) is 0 Å². The maximum Gasteiger partial charge on any atom is 0.291 e. The second-order valence-corrected chi connectivity index (χ2v) is 8.48. The molecule has 0 unspecified atom stereocenters. The van der Waals surface area contributed by atoms with Crippen molar-refractivity contribution in [3.63, 3.8) is 0 Å². The average molecular weight is 430 g/mol. The summed E-state index contributed by atoms with van der Waals surface area (Å²) in [4.78, 5) is 26.5. The maximum absolute atomic E-state index is 12.6. The number of carbonyl (C=O) groups is 1. The highest BCUT2D eigenvalue weighted by Gasteiger charge is 2.31. The van der Waals surface area contributed by atoms with Crippen molar-refractivity contribution in [3.05, 3.63) is 44.7 Å². The Morgan fingerprint density at radius 3 is 2.68 bits per heavy atom. The molecule has 1 amide bonds. The van der Waals surface area contributed by atoms with Gasteiger partial charge in [-0.3, -0.25) is 9.59 Å². The second kappa shape index (κ2) is 6.77. The molecular formula is C15H16BrN3O5S. The third-order valence-electron chi connectivity index (χ3n) is 3.90. The van der Waals surface area contributed by atoms with Crippen molar-refractivity contribution >= 4 is 37.5 Å². The largest absolute Gasteiger partial charge is 0.455 e. The number of sulfonamides is 1. The predicted molar refractivity (Wildman–Crippen MR) is 94.2 cm³/mol. The number of aromatic amines is 1. The van der Waals surface area contributed by atoms with Crippen LogP contribution in [-0.4, -0.2) is 36.7 Å². The van der Waals surface area contributed by atoms with Crippen molar-refractivity contribution in [1.82, 2.24) is 9.29 Å². The first-order chi connectivity index (χ1) is 11.8. The molecule has 0 aliphatic carbocycles. The van der Waals surface area contributed by atoms with Gasteiger partial charge in [0.1, 0.15) is 16.3 Å². The molecule has 1 fully saturated rings. The third-order valence-corrected chi connectivity index (χ3v) is 6.36. The van der Waals surface area contributed by atoms with Crippen LogP contribution in [0.4, 0.5) is 5.69 Å². The number of aryl methyl sites for hydroxylation is 1. The van der Waals surface area contributed by atoms with E-state index in [-0.39, 0.29) is 22.1 Å². The van der Waals surface area contributed by atoms with Crippen LogP contribution in [0.2, 0.25) is 0 Å². The monoisotopic (exact) mass is 429 g/mol. The first kappa shape index (κ1) is 17.9. The predicted octanol–water partition coefficient (Wildman–Crippen LogP) is 2.08. The number of pyridine rings is 1. The summed E-state index contributed by atoms with van der Waals surface area (Å²) in [5.41, 5.74) is -0.456. The molecule has 3 heterocycles. The van der Waals surface area contributed by atoms with Gasteiger partial charge in [-0.1, -0.05) is 0 Å². The molecule has 2 aromatic rings. The van der Waals surface area contributed by atoms with Gasteiger partial charge in [0.05, 0.1) is 0 Å². The fourth-order valence-corrected chi connectivity index (χ4v) is 4.66. The third kappa shape index (κ3) is 3.55. The first-order valence-corrected chi connectivity index (χ1v) is 9.82. The van der Waals surface area contributed by atoms with Crippen LogP contribution in [-0.2, 0) is 10.0 Å². The van der Waals surface area contributed by atoms with Gasteiger partial charge in [0.25, 0.3) is 11.5 Å². The smallest absolute Gasteiger partial charge is 0.291 e. The fraction of sp³-hybridized carbons (Fsp3) is 0.333. The molecule has 0 bridgehead atoms. The van der Waals surface area contributed by atoms with E-state index >= 15 is 0 Å². The summed E-state index contributed by atoms with van der Waals surface area (Å²) in [6.07, 6.45) is 3.07. The van der Waals surface area contributed by atoms with E-state index < -0.39 is 21.5 Å². The molecule has 1 saturated heterocycles. The molecule has 25 heavy (non-hydrogen) atoms. The number of H-pyrrole nitrogens is 1. The van der Waals surface area contributed by atoms with Crippen molar-refractivity contribution in [2.75, 3.05) is 18.4 Å². The normalized spacial score (nSPS) is 15.4. The van der Waals surface area contributed by atoms with Gasteiger partial charge in [0, 0.05) is 29.8 Å². The molecule has 0 aromatic carbocycles. The van der Waals surface area contributed by atoms with Crippen molar-refractivity contribution < 1.29 is 17.6 Å². The van der Waals surface area contributed by atoms with E-state index in [0.29, 0.717) is 17.6 Å². The van der Waals surface area contributed by atoms with Gasteiger partial charge in [-0.05, 0) is 41.8 Å². The van der Waals surface area contributed by atoms with Gasteiger partial charge < -0.3 is 14.7 Å². The molecule has 1 aliphatic rings. The van der Waals surface area contributed by atoms with Crippen LogP contribution in [0, 0.1) is 6.92 Å². The minimum atomic E-state index is -3.69. The zero-order valence-electron chi connectivity index (χ0n) is 13.3. The summed E-state index contributed by atoms with van der Waals surface area (Å²) in [7, 11) is -3.69. The highest BCUT2D eigenvalue weighted by atomic mass is 79.9. The Labute approximate surface area is 152 Å². The number of hydrogen-bond acceptors (Lipinski definition) is 5. The molecule has 134 valence electrons. The van der Waals surface area contributed by atoms with Gasteiger partial charge in [-0.15, -0.1) is 0 Å². The lowest BCUT2D eigenvalue weighted by Gasteiger charge is -2.14. The minimum absolute atomic E-state index is 0.0253. The van der Waals surface area contributed by atoms with E-state index in [1.807, 2.05) is 0 Å². The summed E-state index contributed by atoms with van der Waals surface area (Å²) >= 11 is 3.19. The zero-order chi connectivity index (χ0) is 18.2. The Bertz CT molecular complexity index is 973. The van der Waals surface area contributed by atoms with E-state index in [9.17, 15) is 18.0 Å². The van der Waals surface area contributed by atoms with Gasteiger partial charge in [0.2, 0.25) is 10.0 Å². The Hall–Kier alpha value is -1.91. The Balaban J connectivity index is 1.88. The van der Waals surface area contributed by atoms with E-state index in [4.69, 9.17) is 4.42 Å². The standard InChI is InChI=1S/C15H16BrN3O5S/c1-9-13(25(22,23)19-4-2-3-5-19)7-12(24-9)15(21)18-11-6-10(16)8-17-14(11)20/h6-8H,2-5H2,1H3,(H,17,20)(H,18,21). The lowest BCUT2D eigenvalue weighted by molar-refractivity contribution is 0.0995. The molecular weight excluding hydrogens is 414 g/mol. The second-order valence-electron chi connectivity index (χ2n) is 5.66. The molecule has 3 rings (SSSR count). The SMILES string of the molecule is Cc1oc(C(=O)Nc2cc(Br)c[nH]c2=O)cc1S(=O)(=O)N1CCCC1. The number of hydrogen-bond donors (Lipinski definition) is 2. The average Bonchev–Trinajstić information content (AvgIpc) is 3.20. The number of rotatable bonds is 4. The van der Waals surface area contributed by atoms with E-state index in [2.05, 4.69) is 26.2 Å². The molecule has 0 saturated carbocycles. The van der Waals surface area contributed by atoms with E-state index in [1.165, 1.54) is 29.6 Å². The van der Waals surface area contributed by atoms with Crippen molar-refractivity contribution in [2.24, 2.45) is 0 Å². The Morgan fingerprint density at radius 1 is 1.32 bits per heavy atom. The van der Waals surface area contributed by atoms with Crippen LogP contribution in [0.3, 0.4) is 0 Å². The highest BCUT2D eigenvalue weighted by Crippen LogP contribution is 2.26. The fourth-order valence-electron chi connectivity index (χ4n) is 2.64. The van der Waals surface area contributed by atoms with Gasteiger partial charge in [0.15, 0.2) is 5.76 Å². The van der Waals surface area contributed by atoms with Gasteiger partial charge in [-0.2, -0.15) is 4.31 Å². The van der Waals surface area contributed by atoms with Crippen LogP contribution < -0.4 is 10.9 Å². The molecule has 2 N–H and O–H groups in total. The lowest BCUT2D eigenvalue weighted by Crippen LogP contribution is -2.28. The van der Waals surface area contributed by atoms with Crippen molar-refractivity contribution in [3.8, 4) is 0 Å². The van der Waals surface area contributed by atoms with E-state index in [1.54, 1.807) is 0 Å². The summed E-state index contributed by atoms with van der Waals surface area (Å²) in [5, 5.41) is 2.41. The Morgan fingerprint density at radius 2 is 2.00 bits per heavy atom. The number of anilines is 1. The van der Waals surface area contributed by atoms with Crippen LogP contribution >= 0.6 is 15.9 Å². The molecule has 0 spiro atoms. The Kier molecular flexibility index (Phi) is 4.85. The number of furan rings is 1. The summed E-state index contributed by atoms with van der Waals surface area (Å²) < 4.78 is 32.5. The lowest BCUT2D eigenvalue weighted by atomic mass is 10.3. The van der Waals surface area contributed by atoms with Crippen LogP contribution in [0.15, 0.2) is 36.9 Å². The van der Waals surface area contributed by atoms with Crippen molar-refractivity contribution in [2.45, 2.75) is 24.7 Å². The van der Waals surface area contributed by atoms with Gasteiger partial charge in [-0.25, -0.2) is 8.42 Å². The summed E-state index contributed by atoms with van der Waals surface area (Å²) in [6, 6.07) is 2.64. The molecule has 8 nitrogen and oxygen atoms in total. The maximum atomic E-state index is 12.6. The minimum Gasteiger partial charge on any atom is -0.455 e. The molecule has 10 heteroatoms.